The summed E-state index contributed by atoms with van der Waals surface area (Å²) in [4.78, 5) is 12.4. The molecule has 0 bridgehead atoms. The van der Waals surface area contributed by atoms with Crippen LogP contribution in [0, 0.1) is 0 Å². The summed E-state index contributed by atoms with van der Waals surface area (Å²) >= 11 is 0. The zero-order valence-corrected chi connectivity index (χ0v) is 17.2. The zero-order valence-electron chi connectivity index (χ0n) is 16.3. The predicted molar refractivity (Wildman–Crippen MR) is 104 cm³/mol. The van der Waals surface area contributed by atoms with E-state index in [1.165, 1.54) is 6.92 Å². The minimum atomic E-state index is -2.56. The van der Waals surface area contributed by atoms with Crippen LogP contribution in [0.3, 0.4) is 0 Å². The van der Waals surface area contributed by atoms with Crippen LogP contribution in [0.4, 0.5) is 0 Å². The molecule has 0 radical (unpaired) electrons. The van der Waals surface area contributed by atoms with Gasteiger partial charge in [0, 0.05) is 0 Å². The van der Waals surface area contributed by atoms with Crippen molar-refractivity contribution in [1.82, 2.24) is 0 Å². The normalized spacial score (nSPS) is 15.0. The van der Waals surface area contributed by atoms with Gasteiger partial charge in [0.05, 0.1) is 0 Å². The molecular formula is C19H41O3P. The number of rotatable bonds is 14. The molecule has 0 aromatic heterocycles. The molecule has 0 rings (SSSR count). The van der Waals surface area contributed by atoms with Gasteiger partial charge in [-0.1, -0.05) is 0 Å². The number of aliphatic hydroxyl groups excluding tert-OH is 1. The summed E-state index contributed by atoms with van der Waals surface area (Å²) in [6.45, 7) is 7.82. The van der Waals surface area contributed by atoms with Gasteiger partial charge in [0.25, 0.3) is 0 Å². The predicted octanol–water partition coefficient (Wildman–Crippen LogP) is 5.58. The monoisotopic (exact) mass is 348 g/mol. The molecule has 0 aliphatic carbocycles. The molecule has 0 fully saturated rings. The molecule has 0 saturated heterocycles. The molecule has 1 unspecified atom stereocenters. The second-order valence-corrected chi connectivity index (χ2v) is 12.9. The van der Waals surface area contributed by atoms with Crippen LogP contribution in [0.2, 0.25) is 0 Å². The van der Waals surface area contributed by atoms with Crippen molar-refractivity contribution < 1.29 is 14.4 Å². The van der Waals surface area contributed by atoms with E-state index in [9.17, 15) is 9.90 Å². The molecule has 0 aromatic rings. The van der Waals surface area contributed by atoms with Crippen molar-refractivity contribution in [2.24, 2.45) is 0 Å². The summed E-state index contributed by atoms with van der Waals surface area (Å²) in [6, 6.07) is 0. The van der Waals surface area contributed by atoms with Gasteiger partial charge in [-0.2, -0.15) is 0 Å². The van der Waals surface area contributed by atoms with E-state index in [4.69, 9.17) is 4.52 Å². The van der Waals surface area contributed by atoms with Crippen molar-refractivity contribution in [2.45, 2.75) is 92.1 Å². The fourth-order valence-electron chi connectivity index (χ4n) is 3.42. The molecule has 4 heteroatoms. The number of aliphatic hydroxyl groups is 1. The van der Waals surface area contributed by atoms with Crippen LogP contribution >= 0.6 is 6.83 Å². The zero-order chi connectivity index (χ0) is 17.8. The van der Waals surface area contributed by atoms with E-state index in [1.54, 1.807) is 0 Å². The van der Waals surface area contributed by atoms with Gasteiger partial charge in [-0.05, 0) is 0 Å². The molecule has 0 heterocycles. The van der Waals surface area contributed by atoms with E-state index < -0.39 is 12.9 Å². The van der Waals surface area contributed by atoms with Crippen molar-refractivity contribution in [2.75, 3.05) is 24.6 Å². The van der Waals surface area contributed by atoms with Crippen molar-refractivity contribution in [3.05, 3.63) is 0 Å². The topological polar surface area (TPSA) is 46.5 Å². The summed E-state index contributed by atoms with van der Waals surface area (Å²) in [6.07, 6.45) is 12.3. The number of hydrogen-bond donors (Lipinski definition) is 1. The summed E-state index contributed by atoms with van der Waals surface area (Å²) < 4.78 is 6.34. The fourth-order valence-corrected chi connectivity index (χ4v) is 10.2. The maximum atomic E-state index is 12.4. The second kappa shape index (κ2) is 11.4. The Hall–Kier alpha value is -0.140. The van der Waals surface area contributed by atoms with Crippen molar-refractivity contribution in [1.29, 1.82) is 0 Å². The molecule has 0 aromatic carbocycles. The van der Waals surface area contributed by atoms with Crippen molar-refractivity contribution in [3.8, 4) is 0 Å². The summed E-state index contributed by atoms with van der Waals surface area (Å²) in [5, 5.41) is 9.75. The van der Waals surface area contributed by atoms with Crippen LogP contribution in [-0.4, -0.2) is 41.8 Å². The van der Waals surface area contributed by atoms with Crippen LogP contribution in [0.5, 0.6) is 0 Å². The Morgan fingerprint density at radius 2 is 1.13 bits per heavy atom. The quantitative estimate of drug-likeness (QED) is 0.417. The van der Waals surface area contributed by atoms with Gasteiger partial charge >= 0.3 is 144 Å². The van der Waals surface area contributed by atoms with Gasteiger partial charge in [0.1, 0.15) is 0 Å². The third kappa shape index (κ3) is 7.52. The molecule has 3 nitrogen and oxygen atoms in total. The number of unbranched alkanes of at least 4 members (excludes halogenated alkanes) is 4. The second-order valence-electron chi connectivity index (χ2n) is 7.25. The molecular weight excluding hydrogens is 307 g/mol. The molecule has 1 N–H and O–H groups in total. The standard InChI is InChI=1S/C19H41O3P/c1-6-10-14-23(15-11-7-2,16-12-8-3,17-13-9-4)22-19(21)18(5)20/h18,20H,6-17H2,1-5H3. The first-order valence-corrected chi connectivity index (χ1v) is 12.7. The molecule has 0 spiro atoms. The molecule has 0 amide bonds. The van der Waals surface area contributed by atoms with Crippen LogP contribution in [0.1, 0.15) is 86.0 Å². The van der Waals surface area contributed by atoms with E-state index in [0.717, 1.165) is 76.0 Å². The van der Waals surface area contributed by atoms with Crippen LogP contribution in [-0.2, 0) is 9.32 Å². The van der Waals surface area contributed by atoms with E-state index >= 15 is 0 Å². The van der Waals surface area contributed by atoms with Gasteiger partial charge in [-0.3, -0.25) is 0 Å². The molecule has 0 saturated carbocycles. The third-order valence-corrected chi connectivity index (χ3v) is 11.5. The van der Waals surface area contributed by atoms with Crippen molar-refractivity contribution in [3.63, 3.8) is 0 Å². The van der Waals surface area contributed by atoms with E-state index in [2.05, 4.69) is 27.7 Å². The fraction of sp³-hybridized carbons (Fsp3) is 0.947. The van der Waals surface area contributed by atoms with Crippen molar-refractivity contribution >= 4 is 12.8 Å². The van der Waals surface area contributed by atoms with Gasteiger partial charge in [-0.25, -0.2) is 0 Å². The SMILES string of the molecule is CCCCP(CCCC)(CCCC)(CCCC)OC(=O)C(C)O. The van der Waals surface area contributed by atoms with E-state index in [0.29, 0.717) is 0 Å². The van der Waals surface area contributed by atoms with E-state index in [1.807, 2.05) is 0 Å². The molecule has 0 aliphatic rings. The molecule has 140 valence electrons. The Balaban J connectivity index is 5.71. The van der Waals surface area contributed by atoms with Crippen LogP contribution < -0.4 is 0 Å². The number of hydrogen-bond acceptors (Lipinski definition) is 3. The first-order valence-electron chi connectivity index (χ1n) is 9.81. The molecule has 0 aliphatic heterocycles. The average molecular weight is 349 g/mol. The maximum absolute atomic E-state index is 12.4. The Kier molecular flexibility index (Phi) is 11.4. The van der Waals surface area contributed by atoms with Gasteiger partial charge < -0.3 is 0 Å². The molecule has 1 atom stereocenters. The summed E-state index contributed by atoms with van der Waals surface area (Å²) in [5.41, 5.74) is 0. The third-order valence-electron chi connectivity index (χ3n) is 5.00. The van der Waals surface area contributed by atoms with E-state index in [-0.39, 0.29) is 5.97 Å². The minimum absolute atomic E-state index is 0.387. The Labute approximate surface area is 144 Å². The van der Waals surface area contributed by atoms with Crippen LogP contribution in [0.15, 0.2) is 0 Å². The Bertz CT molecular complexity index is 285. The number of carbonyl (C=O) groups excluding carboxylic acids is 1. The summed E-state index contributed by atoms with van der Waals surface area (Å²) in [7, 11) is 0. The first-order chi connectivity index (χ1) is 10.9. The average Bonchev–Trinajstić information content (AvgIpc) is 2.55. The van der Waals surface area contributed by atoms with Crippen LogP contribution in [0.25, 0.3) is 0 Å². The Morgan fingerprint density at radius 1 is 0.826 bits per heavy atom. The van der Waals surface area contributed by atoms with Gasteiger partial charge in [0.15, 0.2) is 0 Å². The van der Waals surface area contributed by atoms with Gasteiger partial charge in [-0.15, -0.1) is 0 Å². The number of carbonyl (C=O) groups is 1. The first kappa shape index (κ1) is 22.9. The van der Waals surface area contributed by atoms with Gasteiger partial charge in [0.2, 0.25) is 0 Å². The Morgan fingerprint density at radius 3 is 1.35 bits per heavy atom. The summed E-state index contributed by atoms with van der Waals surface area (Å²) in [5.74, 6) is -0.387. The molecule has 23 heavy (non-hydrogen) atoms.